The summed E-state index contributed by atoms with van der Waals surface area (Å²) in [5, 5.41) is 10.8. The molecule has 4 nitrogen and oxygen atoms in total. The van der Waals surface area contributed by atoms with Crippen molar-refractivity contribution < 1.29 is 4.92 Å². The zero-order valence-electron chi connectivity index (χ0n) is 12.1. The van der Waals surface area contributed by atoms with Crippen LogP contribution in [0.1, 0.15) is 44.1 Å². The Morgan fingerprint density at radius 3 is 2.33 bits per heavy atom. The van der Waals surface area contributed by atoms with Gasteiger partial charge in [-0.05, 0) is 61.8 Å². The van der Waals surface area contributed by atoms with Crippen LogP contribution in [-0.4, -0.2) is 16.7 Å². The van der Waals surface area contributed by atoms with Gasteiger partial charge >= 0.3 is 0 Å². The molecule has 4 bridgehead atoms. The number of nitro benzene ring substituents is 1. The van der Waals surface area contributed by atoms with Gasteiger partial charge in [-0.2, -0.15) is 0 Å². The number of non-ortho nitro benzene ring substituents is 1. The lowest BCUT2D eigenvalue weighted by Crippen LogP contribution is -2.49. The Kier molecular flexibility index (Phi) is 2.88. The van der Waals surface area contributed by atoms with Crippen LogP contribution in [0.2, 0.25) is 0 Å². The van der Waals surface area contributed by atoms with Crippen LogP contribution in [0.3, 0.4) is 0 Å². The molecule has 0 spiro atoms. The molecule has 0 radical (unpaired) electrons. The first-order valence-electron chi connectivity index (χ1n) is 7.92. The van der Waals surface area contributed by atoms with Crippen LogP contribution in [0.15, 0.2) is 29.3 Å². The third-order valence-electron chi connectivity index (χ3n) is 5.57. The number of nitrogens with zero attached hydrogens (tertiary/aromatic N) is 2. The van der Waals surface area contributed by atoms with Crippen LogP contribution >= 0.6 is 0 Å². The van der Waals surface area contributed by atoms with Gasteiger partial charge in [-0.3, -0.25) is 15.1 Å². The Bertz CT molecular complexity index is 573. The summed E-state index contributed by atoms with van der Waals surface area (Å²) in [6, 6.07) is 6.78. The molecule has 4 saturated carbocycles. The van der Waals surface area contributed by atoms with Gasteiger partial charge in [0.05, 0.1) is 10.5 Å². The molecule has 0 saturated heterocycles. The molecule has 0 heterocycles. The molecule has 4 heteroatoms. The Morgan fingerprint density at radius 1 is 1.14 bits per heavy atom. The molecule has 0 aromatic heterocycles. The summed E-state index contributed by atoms with van der Waals surface area (Å²) in [5.74, 6) is 2.62. The molecule has 5 rings (SSSR count). The summed E-state index contributed by atoms with van der Waals surface area (Å²) in [4.78, 5) is 15.4. The summed E-state index contributed by atoms with van der Waals surface area (Å²) in [6.07, 6.45) is 9.78. The molecule has 1 aromatic carbocycles. The van der Waals surface area contributed by atoms with Gasteiger partial charge in [0.2, 0.25) is 0 Å². The van der Waals surface area contributed by atoms with Crippen molar-refractivity contribution in [1.82, 2.24) is 0 Å². The van der Waals surface area contributed by atoms with Crippen molar-refractivity contribution in [1.29, 1.82) is 0 Å². The number of hydrogen-bond donors (Lipinski definition) is 0. The molecular weight excluding hydrogens is 264 g/mol. The Labute approximate surface area is 124 Å². The largest absolute Gasteiger partial charge is 0.286 e. The number of nitro groups is 1. The Hall–Kier alpha value is -1.71. The fraction of sp³-hybridized carbons (Fsp3) is 0.588. The van der Waals surface area contributed by atoms with E-state index in [4.69, 9.17) is 4.99 Å². The maximum absolute atomic E-state index is 10.8. The first-order valence-corrected chi connectivity index (χ1v) is 7.92. The average molecular weight is 284 g/mol. The Morgan fingerprint density at radius 2 is 1.76 bits per heavy atom. The predicted molar refractivity (Wildman–Crippen MR) is 81.6 cm³/mol. The minimum absolute atomic E-state index is 0.138. The predicted octanol–water partition coefficient (Wildman–Crippen LogP) is 3.98. The third kappa shape index (κ3) is 2.37. The SMILES string of the molecule is O=[N+]([O-])c1cccc(C=NC23CC4CC(CC(C4)C2)C3)c1. The molecule has 1 aromatic rings. The smallest absolute Gasteiger partial charge is 0.270 e. The quantitative estimate of drug-likeness (QED) is 0.479. The van der Waals surface area contributed by atoms with Gasteiger partial charge in [0.1, 0.15) is 0 Å². The van der Waals surface area contributed by atoms with Crippen molar-refractivity contribution in [3.63, 3.8) is 0 Å². The normalized spacial score (nSPS) is 37.2. The van der Waals surface area contributed by atoms with Crippen molar-refractivity contribution >= 4 is 11.9 Å². The lowest BCUT2D eigenvalue weighted by molar-refractivity contribution is -0.384. The molecule has 110 valence electrons. The van der Waals surface area contributed by atoms with E-state index in [1.165, 1.54) is 44.6 Å². The molecule has 0 amide bonds. The van der Waals surface area contributed by atoms with Gasteiger partial charge < -0.3 is 0 Å². The highest BCUT2D eigenvalue weighted by Gasteiger charge is 2.50. The second-order valence-corrected chi connectivity index (χ2v) is 7.25. The van der Waals surface area contributed by atoms with E-state index in [0.29, 0.717) is 0 Å². The fourth-order valence-corrected chi connectivity index (χ4v) is 5.15. The van der Waals surface area contributed by atoms with Crippen LogP contribution < -0.4 is 0 Å². The van der Waals surface area contributed by atoms with E-state index in [1.54, 1.807) is 12.1 Å². The molecule has 0 unspecified atom stereocenters. The van der Waals surface area contributed by atoms with E-state index in [1.807, 2.05) is 12.3 Å². The topological polar surface area (TPSA) is 55.5 Å². The van der Waals surface area contributed by atoms with Crippen LogP contribution in [0, 0.1) is 27.9 Å². The lowest BCUT2D eigenvalue weighted by atomic mass is 9.53. The van der Waals surface area contributed by atoms with Crippen LogP contribution in [-0.2, 0) is 0 Å². The summed E-state index contributed by atoms with van der Waals surface area (Å²) in [5.41, 5.74) is 1.13. The van der Waals surface area contributed by atoms with Crippen molar-refractivity contribution in [2.24, 2.45) is 22.7 Å². The molecular formula is C17H20N2O2. The first-order chi connectivity index (χ1) is 10.1. The van der Waals surface area contributed by atoms with Gasteiger partial charge in [0, 0.05) is 18.3 Å². The molecule has 4 aliphatic rings. The summed E-state index contributed by atoms with van der Waals surface area (Å²) < 4.78 is 0. The van der Waals surface area contributed by atoms with Gasteiger partial charge in [0.15, 0.2) is 0 Å². The second kappa shape index (κ2) is 4.65. The van der Waals surface area contributed by atoms with Gasteiger partial charge in [-0.15, -0.1) is 0 Å². The zero-order valence-corrected chi connectivity index (χ0v) is 12.1. The molecule has 21 heavy (non-hydrogen) atoms. The maximum Gasteiger partial charge on any atom is 0.270 e. The maximum atomic E-state index is 10.8. The number of rotatable bonds is 3. The monoisotopic (exact) mass is 284 g/mol. The van der Waals surface area contributed by atoms with Crippen LogP contribution in [0.4, 0.5) is 5.69 Å². The van der Waals surface area contributed by atoms with E-state index in [-0.39, 0.29) is 16.1 Å². The second-order valence-electron chi connectivity index (χ2n) is 7.25. The molecule has 0 aliphatic heterocycles. The minimum Gasteiger partial charge on any atom is -0.286 e. The Balaban J connectivity index is 1.58. The fourth-order valence-electron chi connectivity index (χ4n) is 5.15. The van der Waals surface area contributed by atoms with Crippen LogP contribution in [0.5, 0.6) is 0 Å². The lowest BCUT2D eigenvalue weighted by Gasteiger charge is -2.54. The van der Waals surface area contributed by atoms with E-state index in [9.17, 15) is 10.1 Å². The standard InChI is InChI=1S/C17H20N2O2/c20-19(21)16-3-1-2-12(7-16)11-18-17-8-13-4-14(9-17)6-15(5-13)10-17/h1-3,7,11,13-15H,4-6,8-10H2. The number of hydrogen-bond acceptors (Lipinski definition) is 3. The molecule has 0 N–H and O–H groups in total. The third-order valence-corrected chi connectivity index (χ3v) is 5.57. The minimum atomic E-state index is -0.345. The first kappa shape index (κ1) is 13.0. The van der Waals surface area contributed by atoms with Crippen molar-refractivity contribution in [2.75, 3.05) is 0 Å². The highest BCUT2D eigenvalue weighted by atomic mass is 16.6. The van der Waals surface area contributed by atoms with E-state index < -0.39 is 0 Å². The van der Waals surface area contributed by atoms with Crippen molar-refractivity contribution in [3.8, 4) is 0 Å². The van der Waals surface area contributed by atoms with Crippen molar-refractivity contribution in [2.45, 2.75) is 44.1 Å². The van der Waals surface area contributed by atoms with Crippen molar-refractivity contribution in [3.05, 3.63) is 39.9 Å². The average Bonchev–Trinajstić information content (AvgIpc) is 2.44. The molecule has 4 aliphatic carbocycles. The number of aliphatic imine (C=N–C) groups is 1. The summed E-state index contributed by atoms with van der Waals surface area (Å²) in [6.45, 7) is 0. The molecule has 4 fully saturated rings. The highest BCUT2D eigenvalue weighted by Crippen LogP contribution is 2.57. The van der Waals surface area contributed by atoms with Gasteiger partial charge in [-0.1, -0.05) is 12.1 Å². The van der Waals surface area contributed by atoms with E-state index in [0.717, 1.165) is 23.3 Å². The zero-order chi connectivity index (χ0) is 14.4. The van der Waals surface area contributed by atoms with Crippen LogP contribution in [0.25, 0.3) is 0 Å². The number of benzene rings is 1. The van der Waals surface area contributed by atoms with Gasteiger partial charge in [-0.25, -0.2) is 0 Å². The van der Waals surface area contributed by atoms with E-state index >= 15 is 0 Å². The molecule has 0 atom stereocenters. The van der Waals surface area contributed by atoms with Gasteiger partial charge in [0.25, 0.3) is 5.69 Å². The van der Waals surface area contributed by atoms with E-state index in [2.05, 4.69) is 0 Å². The highest BCUT2D eigenvalue weighted by molar-refractivity contribution is 5.81. The summed E-state index contributed by atoms with van der Waals surface area (Å²) in [7, 11) is 0. The summed E-state index contributed by atoms with van der Waals surface area (Å²) >= 11 is 0.